The number of aromatic nitrogens is 2. The van der Waals surface area contributed by atoms with E-state index in [4.69, 9.17) is 16.3 Å². The number of nitro benzene ring substituents is 1. The van der Waals surface area contributed by atoms with Crippen LogP contribution in [-0.2, 0) is 21.2 Å². The van der Waals surface area contributed by atoms with Gasteiger partial charge in [-0.3, -0.25) is 19.8 Å². The van der Waals surface area contributed by atoms with Gasteiger partial charge in [0.1, 0.15) is 11.3 Å². The molecule has 8 rings (SSSR count). The number of sulfonamides is 1. The smallest absolute Gasteiger partial charge is 0.293 e. The number of pyridine rings is 1. The number of halogens is 1. The highest BCUT2D eigenvalue weighted by molar-refractivity contribution is 7.90. The predicted molar refractivity (Wildman–Crippen MR) is 240 cm³/mol. The van der Waals surface area contributed by atoms with Crippen molar-refractivity contribution in [1.82, 2.24) is 19.6 Å². The standard InChI is InChI=1S/C46H52ClN7O6S/c1-46(2)15-11-35(41(27-46)33-3-5-37(47)6-4-33)30-52-17-19-53(20-18-52)38-7-9-40(36(25-38)24-32-23-34-12-16-48-44(34)50-29-32)45(55)51-61(58,59)39-8-10-42(43(26-39)54(56)57)49-28-31-13-21-60-22-14-31/h3-10,12,16,23,25-26,29,31,49H,11,13-15,17-22,24,27-28,30H2,1-2H3,(H,48,50)(H,51,55). The second-order valence-corrected chi connectivity index (χ2v) is 19.4. The predicted octanol–water partition coefficient (Wildman–Crippen LogP) is 8.46. The molecule has 0 atom stereocenters. The number of H-pyrrole nitrogens is 1. The summed E-state index contributed by atoms with van der Waals surface area (Å²) >= 11 is 6.25. The van der Waals surface area contributed by atoms with Crippen LogP contribution in [0.15, 0.2) is 95.7 Å². The van der Waals surface area contributed by atoms with Crippen molar-refractivity contribution in [2.24, 2.45) is 11.3 Å². The summed E-state index contributed by atoms with van der Waals surface area (Å²) in [5, 5.41) is 16.9. The molecule has 1 amide bonds. The second-order valence-electron chi connectivity index (χ2n) is 17.3. The zero-order valence-corrected chi connectivity index (χ0v) is 36.2. The quantitative estimate of drug-likeness (QED) is 0.0773. The minimum absolute atomic E-state index is 0.186. The number of nitrogens with one attached hydrogen (secondary N) is 3. The van der Waals surface area contributed by atoms with E-state index in [0.29, 0.717) is 31.7 Å². The summed E-state index contributed by atoms with van der Waals surface area (Å²) in [5.74, 6) is -0.541. The number of aromatic amines is 1. The van der Waals surface area contributed by atoms with E-state index in [1.54, 1.807) is 12.3 Å². The Labute approximate surface area is 361 Å². The van der Waals surface area contributed by atoms with Crippen molar-refractivity contribution in [2.75, 3.05) is 62.7 Å². The first-order valence-corrected chi connectivity index (χ1v) is 22.8. The Hall–Kier alpha value is -5.28. The molecule has 320 valence electrons. The maximum Gasteiger partial charge on any atom is 0.293 e. The lowest BCUT2D eigenvalue weighted by atomic mass is 9.72. The molecule has 0 unspecified atom stereocenters. The van der Waals surface area contributed by atoms with Gasteiger partial charge in [0.05, 0.1) is 9.82 Å². The fourth-order valence-corrected chi connectivity index (χ4v) is 9.88. The molecule has 0 bridgehead atoms. The number of nitro groups is 1. The molecule has 2 saturated heterocycles. The Balaban J connectivity index is 1.00. The van der Waals surface area contributed by atoms with Crippen LogP contribution >= 0.6 is 11.6 Å². The van der Waals surface area contributed by atoms with Gasteiger partial charge in [0.25, 0.3) is 21.6 Å². The van der Waals surface area contributed by atoms with E-state index < -0.39 is 20.9 Å². The molecule has 2 fully saturated rings. The first kappa shape index (κ1) is 42.4. The van der Waals surface area contributed by atoms with Gasteiger partial charge < -0.3 is 19.9 Å². The average molecular weight is 866 g/mol. The third-order valence-electron chi connectivity index (χ3n) is 12.3. The number of piperazine rings is 1. The molecule has 61 heavy (non-hydrogen) atoms. The number of nitrogens with zero attached hydrogens (tertiary/aromatic N) is 4. The molecule has 15 heteroatoms. The number of hydrogen-bond donors (Lipinski definition) is 3. The Morgan fingerprint density at radius 3 is 2.54 bits per heavy atom. The van der Waals surface area contributed by atoms with Gasteiger partial charge in [0, 0.05) is 92.6 Å². The number of benzene rings is 3. The lowest BCUT2D eigenvalue weighted by Gasteiger charge is -2.39. The van der Waals surface area contributed by atoms with Gasteiger partial charge in [0.15, 0.2) is 0 Å². The van der Waals surface area contributed by atoms with E-state index in [1.165, 1.54) is 28.8 Å². The number of fused-ring (bicyclic) bond motifs is 1. The van der Waals surface area contributed by atoms with Crippen LogP contribution in [0.3, 0.4) is 0 Å². The SMILES string of the molecule is CC1(C)CCC(CN2CCN(c3ccc(C(=O)NS(=O)(=O)c4ccc(NCC5CCOCC5)c([N+](=O)[O-])c4)c(Cc4cnc5[nH]ccc5c4)c3)CC2)=C(c2ccc(Cl)cc2)C1. The lowest BCUT2D eigenvalue weighted by Crippen LogP contribution is -2.47. The number of allylic oxidation sites excluding steroid dienone is 1. The second kappa shape index (κ2) is 18.0. The third kappa shape index (κ3) is 10.1. The largest absolute Gasteiger partial charge is 0.381 e. The van der Waals surface area contributed by atoms with E-state index in [9.17, 15) is 23.3 Å². The van der Waals surface area contributed by atoms with Crippen molar-refractivity contribution >= 4 is 61.2 Å². The number of hydrogen-bond acceptors (Lipinski definition) is 10. The van der Waals surface area contributed by atoms with E-state index >= 15 is 0 Å². The summed E-state index contributed by atoms with van der Waals surface area (Å²) in [6.45, 7) is 10.7. The average Bonchev–Trinajstić information content (AvgIpc) is 3.72. The first-order valence-electron chi connectivity index (χ1n) is 21.0. The zero-order valence-electron chi connectivity index (χ0n) is 34.6. The molecule has 2 aromatic heterocycles. The summed E-state index contributed by atoms with van der Waals surface area (Å²) in [6.07, 6.45) is 8.79. The minimum atomic E-state index is -4.50. The highest BCUT2D eigenvalue weighted by Crippen LogP contribution is 2.43. The van der Waals surface area contributed by atoms with Crippen molar-refractivity contribution in [3.8, 4) is 0 Å². The molecule has 3 aromatic carbocycles. The van der Waals surface area contributed by atoms with Crippen LogP contribution in [0.1, 0.15) is 73.0 Å². The van der Waals surface area contributed by atoms with Gasteiger partial charge in [-0.15, -0.1) is 0 Å². The van der Waals surface area contributed by atoms with Crippen molar-refractivity contribution in [3.05, 3.63) is 128 Å². The molecular weight excluding hydrogens is 814 g/mol. The molecule has 5 aromatic rings. The summed E-state index contributed by atoms with van der Waals surface area (Å²) < 4.78 is 35.0. The van der Waals surface area contributed by atoms with Crippen molar-refractivity contribution in [3.63, 3.8) is 0 Å². The number of anilines is 2. The van der Waals surface area contributed by atoms with Gasteiger partial charge in [-0.1, -0.05) is 43.2 Å². The Morgan fingerprint density at radius 1 is 1.02 bits per heavy atom. The molecule has 1 aliphatic carbocycles. The summed E-state index contributed by atoms with van der Waals surface area (Å²) in [5.41, 5.74) is 7.57. The maximum atomic E-state index is 14.0. The van der Waals surface area contributed by atoms with Crippen LogP contribution in [0, 0.1) is 21.4 Å². The van der Waals surface area contributed by atoms with Crippen LogP contribution in [0.25, 0.3) is 16.6 Å². The van der Waals surface area contributed by atoms with Gasteiger partial charge in [-0.2, -0.15) is 0 Å². The Kier molecular flexibility index (Phi) is 12.5. The first-order chi connectivity index (χ1) is 29.3. The molecule has 2 aliphatic heterocycles. The van der Waals surface area contributed by atoms with E-state index in [1.807, 2.05) is 42.6 Å². The van der Waals surface area contributed by atoms with Crippen molar-refractivity contribution < 1.29 is 22.9 Å². The number of carbonyl (C=O) groups excluding carboxylic acids is 1. The number of ether oxygens (including phenoxy) is 1. The van der Waals surface area contributed by atoms with Crippen LogP contribution in [0.5, 0.6) is 0 Å². The van der Waals surface area contributed by atoms with Gasteiger partial charge in [-0.25, -0.2) is 18.1 Å². The monoisotopic (exact) mass is 865 g/mol. The highest BCUT2D eigenvalue weighted by atomic mass is 35.5. The summed E-state index contributed by atoms with van der Waals surface area (Å²) in [6, 6.07) is 21.3. The fraction of sp³-hybridized carbons (Fsp3) is 0.391. The van der Waals surface area contributed by atoms with Crippen LogP contribution in [0.4, 0.5) is 17.1 Å². The van der Waals surface area contributed by atoms with Crippen molar-refractivity contribution in [1.29, 1.82) is 0 Å². The van der Waals surface area contributed by atoms with Gasteiger partial charge >= 0.3 is 0 Å². The van der Waals surface area contributed by atoms with Gasteiger partial charge in [0.2, 0.25) is 0 Å². The normalized spacial score (nSPS) is 17.7. The Bertz CT molecular complexity index is 2560. The maximum absolute atomic E-state index is 14.0. The van der Waals surface area contributed by atoms with Gasteiger partial charge in [-0.05, 0) is 127 Å². The van der Waals surface area contributed by atoms with E-state index in [-0.39, 0.29) is 33.2 Å². The highest BCUT2D eigenvalue weighted by Gasteiger charge is 2.30. The molecular formula is C46H52ClN7O6S. The molecule has 13 nitrogen and oxygen atoms in total. The molecule has 0 radical (unpaired) electrons. The van der Waals surface area contributed by atoms with E-state index in [2.05, 4.69) is 55.8 Å². The Morgan fingerprint density at radius 2 is 1.79 bits per heavy atom. The zero-order chi connectivity index (χ0) is 42.7. The number of carbonyl (C=O) groups is 1. The topological polar surface area (TPSA) is 163 Å². The molecule has 3 aliphatic rings. The fourth-order valence-electron chi connectivity index (χ4n) is 8.76. The molecule has 0 saturated carbocycles. The minimum Gasteiger partial charge on any atom is -0.381 e. The summed E-state index contributed by atoms with van der Waals surface area (Å²) in [4.78, 5) is 37.5. The number of amides is 1. The summed E-state index contributed by atoms with van der Waals surface area (Å²) in [7, 11) is -4.50. The third-order valence-corrected chi connectivity index (χ3v) is 13.9. The number of rotatable bonds is 13. The molecule has 4 heterocycles. The van der Waals surface area contributed by atoms with E-state index in [0.717, 1.165) is 98.2 Å². The van der Waals surface area contributed by atoms with Crippen LogP contribution in [-0.4, -0.2) is 86.6 Å². The van der Waals surface area contributed by atoms with Crippen LogP contribution < -0.4 is 14.9 Å². The molecule has 3 N–H and O–H groups in total. The lowest BCUT2D eigenvalue weighted by molar-refractivity contribution is -0.384. The van der Waals surface area contributed by atoms with Crippen LogP contribution in [0.2, 0.25) is 5.02 Å². The van der Waals surface area contributed by atoms with Crippen molar-refractivity contribution in [2.45, 2.75) is 57.3 Å². The molecule has 0 spiro atoms.